The predicted molar refractivity (Wildman–Crippen MR) is 149 cm³/mol. The second-order valence-corrected chi connectivity index (χ2v) is 12.5. The molecule has 1 fully saturated rings. The number of hydrogen-bond acceptors (Lipinski definition) is 7. The third kappa shape index (κ3) is 7.25. The number of aliphatic carboxylic acids is 1. The van der Waals surface area contributed by atoms with Crippen LogP contribution < -0.4 is 10.0 Å². The number of halogens is 2. The highest BCUT2D eigenvalue weighted by Crippen LogP contribution is 2.25. The number of amides is 3. The van der Waals surface area contributed by atoms with Crippen LogP contribution in [0.1, 0.15) is 21.5 Å². The number of anilines is 1. The van der Waals surface area contributed by atoms with Crippen molar-refractivity contribution in [1.82, 2.24) is 10.2 Å². The molecule has 3 aromatic rings. The molecule has 1 heterocycles. The van der Waals surface area contributed by atoms with E-state index in [0.717, 1.165) is 16.7 Å². The van der Waals surface area contributed by atoms with Crippen LogP contribution in [0.25, 0.3) is 0 Å². The molecule has 1 aliphatic rings. The fourth-order valence-electron chi connectivity index (χ4n) is 3.88. The Kier molecular flexibility index (Phi) is 8.91. The van der Waals surface area contributed by atoms with Crippen molar-refractivity contribution >= 4 is 66.4 Å². The lowest BCUT2D eigenvalue weighted by Crippen LogP contribution is -2.35. The van der Waals surface area contributed by atoms with E-state index in [9.17, 15) is 37.1 Å². The number of sulfonamides is 1. The normalized spacial score (nSPS) is 15.0. The van der Waals surface area contributed by atoms with Gasteiger partial charge in [0.25, 0.3) is 21.2 Å². The highest BCUT2D eigenvalue weighted by atomic mass is 79.9. The number of imide groups is 1. The number of carbonyl (C=O) groups is 4. The maximum Gasteiger partial charge on any atom is 0.323 e. The topological polar surface area (TPSA) is 150 Å². The molecule has 1 aliphatic heterocycles. The molecule has 0 aliphatic carbocycles. The van der Waals surface area contributed by atoms with Gasteiger partial charge in [0.2, 0.25) is 5.91 Å². The average molecular weight is 651 g/mol. The molecule has 0 saturated carbocycles. The number of carboxylic acids is 1. The van der Waals surface area contributed by atoms with Crippen LogP contribution >= 0.6 is 27.7 Å². The molecule has 3 amide bonds. The fourth-order valence-corrected chi connectivity index (χ4v) is 6.12. The van der Waals surface area contributed by atoms with Gasteiger partial charge < -0.3 is 10.0 Å². The van der Waals surface area contributed by atoms with Crippen molar-refractivity contribution in [2.24, 2.45) is 0 Å². The summed E-state index contributed by atoms with van der Waals surface area (Å²) in [5, 5.41) is 10.5. The van der Waals surface area contributed by atoms with Crippen LogP contribution in [0.15, 0.2) is 76.1 Å². The summed E-state index contributed by atoms with van der Waals surface area (Å²) in [5.74, 6) is -3.05. The van der Waals surface area contributed by atoms with Crippen molar-refractivity contribution in [2.75, 3.05) is 11.3 Å². The van der Waals surface area contributed by atoms with Gasteiger partial charge in [0.1, 0.15) is 12.4 Å². The quantitative estimate of drug-likeness (QED) is 0.298. The van der Waals surface area contributed by atoms with E-state index in [1.165, 1.54) is 60.7 Å². The minimum atomic E-state index is -4.08. The summed E-state index contributed by atoms with van der Waals surface area (Å²) in [6, 6.07) is 15.5. The lowest BCUT2D eigenvalue weighted by atomic mass is 10.1. The smallest absolute Gasteiger partial charge is 0.323 e. The lowest BCUT2D eigenvalue weighted by molar-refractivity contribution is -0.137. The van der Waals surface area contributed by atoms with E-state index in [1.807, 2.05) is 0 Å². The molecular formula is C26H21BrFN3O7S2. The lowest BCUT2D eigenvalue weighted by Gasteiger charge is -2.21. The van der Waals surface area contributed by atoms with Crippen molar-refractivity contribution < 1.29 is 37.1 Å². The first kappa shape index (κ1) is 29.2. The van der Waals surface area contributed by atoms with Gasteiger partial charge in [-0.1, -0.05) is 52.0 Å². The van der Waals surface area contributed by atoms with Crippen LogP contribution in [0, 0.1) is 5.82 Å². The molecule has 1 saturated heterocycles. The van der Waals surface area contributed by atoms with Gasteiger partial charge in [0.15, 0.2) is 0 Å². The van der Waals surface area contributed by atoms with Crippen LogP contribution in [0.3, 0.4) is 0 Å². The Morgan fingerprint density at radius 2 is 1.80 bits per heavy atom. The maximum atomic E-state index is 14.4. The third-order valence-corrected chi connectivity index (χ3v) is 8.64. The van der Waals surface area contributed by atoms with Gasteiger partial charge in [0, 0.05) is 27.8 Å². The molecule has 208 valence electrons. The number of thioether (sulfide) groups is 1. The van der Waals surface area contributed by atoms with Gasteiger partial charge in [-0.25, -0.2) is 12.8 Å². The molecule has 40 heavy (non-hydrogen) atoms. The summed E-state index contributed by atoms with van der Waals surface area (Å²) in [5.41, 5.74) is 0.820. The number of rotatable bonds is 10. The Labute approximate surface area is 241 Å². The van der Waals surface area contributed by atoms with Crippen LogP contribution in [0.5, 0.6) is 0 Å². The number of carbonyl (C=O) groups excluding carboxylic acids is 3. The van der Waals surface area contributed by atoms with Gasteiger partial charge in [-0.3, -0.25) is 29.2 Å². The average Bonchev–Trinajstić information content (AvgIpc) is 3.20. The molecule has 0 bridgehead atoms. The molecular weight excluding hydrogens is 629 g/mol. The maximum absolute atomic E-state index is 14.4. The molecule has 3 aromatic carbocycles. The minimum Gasteiger partial charge on any atom is -0.480 e. The summed E-state index contributed by atoms with van der Waals surface area (Å²) in [6.07, 6.45) is 0.247. The van der Waals surface area contributed by atoms with Crippen LogP contribution in [0.4, 0.5) is 14.9 Å². The van der Waals surface area contributed by atoms with Crippen LogP contribution in [-0.4, -0.2) is 53.2 Å². The minimum absolute atomic E-state index is 0.00351. The van der Waals surface area contributed by atoms with E-state index < -0.39 is 50.7 Å². The Balaban J connectivity index is 1.49. The van der Waals surface area contributed by atoms with Crippen molar-refractivity contribution in [3.05, 3.63) is 93.7 Å². The van der Waals surface area contributed by atoms with E-state index in [2.05, 4.69) is 26.0 Å². The summed E-state index contributed by atoms with van der Waals surface area (Å²) < 4.78 is 43.2. The zero-order chi connectivity index (χ0) is 29.0. The monoisotopic (exact) mass is 649 g/mol. The molecule has 0 spiro atoms. The van der Waals surface area contributed by atoms with Crippen molar-refractivity contribution in [3.8, 4) is 0 Å². The first-order chi connectivity index (χ1) is 18.9. The number of hydrogen-bond donors (Lipinski definition) is 3. The zero-order valence-electron chi connectivity index (χ0n) is 20.5. The van der Waals surface area contributed by atoms with Crippen LogP contribution in [0.2, 0.25) is 0 Å². The van der Waals surface area contributed by atoms with Gasteiger partial charge >= 0.3 is 5.97 Å². The Morgan fingerprint density at radius 1 is 1.07 bits per heavy atom. The van der Waals surface area contributed by atoms with E-state index >= 15 is 0 Å². The van der Waals surface area contributed by atoms with Crippen molar-refractivity contribution in [1.29, 1.82) is 0 Å². The summed E-state index contributed by atoms with van der Waals surface area (Å²) in [7, 11) is -4.08. The summed E-state index contributed by atoms with van der Waals surface area (Å²) in [6.45, 7) is -1.02. The summed E-state index contributed by atoms with van der Waals surface area (Å²) in [4.78, 5) is 48.6. The van der Waals surface area contributed by atoms with E-state index in [-0.39, 0.29) is 34.7 Å². The molecule has 1 atom stereocenters. The van der Waals surface area contributed by atoms with Gasteiger partial charge in [0.05, 0.1) is 10.1 Å². The number of benzene rings is 3. The van der Waals surface area contributed by atoms with E-state index in [0.29, 0.717) is 10.0 Å². The van der Waals surface area contributed by atoms with Crippen molar-refractivity contribution in [2.45, 2.75) is 23.1 Å². The Morgan fingerprint density at radius 3 is 2.42 bits per heavy atom. The largest absolute Gasteiger partial charge is 0.480 e. The molecule has 4 rings (SSSR count). The molecule has 0 aromatic heterocycles. The molecule has 1 unspecified atom stereocenters. The van der Waals surface area contributed by atoms with E-state index in [4.69, 9.17) is 0 Å². The SMILES string of the molecule is O=C(O)CN(Cc1ccc(Br)cc1F)C(=O)c1cccc(NS(=O)(=O)c2ccc(CC3SC(=O)NC3=O)cc2)c1. The van der Waals surface area contributed by atoms with Gasteiger partial charge in [-0.05, 0) is 54.4 Å². The molecule has 3 N–H and O–H groups in total. The first-order valence-electron chi connectivity index (χ1n) is 11.6. The predicted octanol–water partition coefficient (Wildman–Crippen LogP) is 4.01. The number of carboxylic acid groups (broad SMARTS) is 1. The van der Waals surface area contributed by atoms with Crippen LogP contribution in [-0.2, 0) is 32.6 Å². The Bertz CT molecular complexity index is 1600. The highest BCUT2D eigenvalue weighted by molar-refractivity contribution is 9.10. The van der Waals surface area contributed by atoms with Gasteiger partial charge in [-0.2, -0.15) is 0 Å². The standard InChI is InChI=1S/C26H21BrFN3O7S2/c27-18-7-6-17(21(28)12-18)13-31(14-23(32)33)25(35)16-2-1-3-19(11-16)30-40(37,38)20-8-4-15(5-9-20)10-22-24(34)29-26(36)39-22/h1-9,11-12,22,30H,10,13-14H2,(H,32,33)(H,29,34,36). The number of nitrogens with zero attached hydrogens (tertiary/aromatic N) is 1. The Hall–Kier alpha value is -3.75. The van der Waals surface area contributed by atoms with E-state index in [1.54, 1.807) is 6.07 Å². The zero-order valence-corrected chi connectivity index (χ0v) is 23.7. The summed E-state index contributed by atoms with van der Waals surface area (Å²) >= 11 is 4.02. The molecule has 10 nitrogen and oxygen atoms in total. The third-order valence-electron chi connectivity index (χ3n) is 5.77. The fraction of sp³-hybridized carbons (Fsp3) is 0.154. The second kappa shape index (κ2) is 12.2. The molecule has 14 heteroatoms. The van der Waals surface area contributed by atoms with Crippen molar-refractivity contribution in [3.63, 3.8) is 0 Å². The first-order valence-corrected chi connectivity index (χ1v) is 14.7. The second-order valence-electron chi connectivity index (χ2n) is 8.71. The molecule has 0 radical (unpaired) electrons. The highest BCUT2D eigenvalue weighted by Gasteiger charge is 2.31. The number of nitrogens with one attached hydrogen (secondary N) is 2. The van der Waals surface area contributed by atoms with Gasteiger partial charge in [-0.15, -0.1) is 0 Å².